The van der Waals surface area contributed by atoms with Crippen molar-refractivity contribution >= 4 is 34.3 Å². The number of carbonyl (C=O) groups excluding carboxylic acids is 1. The summed E-state index contributed by atoms with van der Waals surface area (Å²) in [6.07, 6.45) is 8.07. The molecule has 2 fully saturated rings. The standard InChI is InChI=1S/C38H42N8O2/c1-27-9-6-10-28-11-7-14-34(36(27)28)44-20-17-32-33(25-44)41-38(48-26-30-13-8-19-43(30)3)42-37(32)45-21-22-46(31(24-45)23-39-2)35(47)16-15-29-12-4-5-18-40-29/h4-7,9-12,14-16,18,30-31H,8,13,17,19-26H2,1,3H3/b16-15+/t30-,31-/m0/s1. The number of nitrogens with zero attached hydrogens (tertiary/aromatic N) is 8. The monoisotopic (exact) mass is 642 g/mol. The van der Waals surface area contributed by atoms with Crippen LogP contribution in [0.1, 0.15) is 35.4 Å². The van der Waals surface area contributed by atoms with Crippen LogP contribution >= 0.6 is 0 Å². The smallest absolute Gasteiger partial charge is 0.318 e. The van der Waals surface area contributed by atoms with E-state index in [-0.39, 0.29) is 18.5 Å². The summed E-state index contributed by atoms with van der Waals surface area (Å²) in [6.45, 7) is 14.8. The summed E-state index contributed by atoms with van der Waals surface area (Å²) in [5.41, 5.74) is 5.31. The summed E-state index contributed by atoms with van der Waals surface area (Å²) in [5, 5.41) is 2.51. The third kappa shape index (κ3) is 6.56. The number of aromatic nitrogens is 3. The normalized spacial score (nSPS) is 19.9. The topological polar surface area (TPSA) is 82.3 Å². The Morgan fingerprint density at radius 3 is 2.69 bits per heavy atom. The van der Waals surface area contributed by atoms with Crippen LogP contribution < -0.4 is 14.5 Å². The van der Waals surface area contributed by atoms with Gasteiger partial charge in [0, 0.05) is 61.1 Å². The number of rotatable bonds is 8. The van der Waals surface area contributed by atoms with Crippen molar-refractivity contribution in [3.05, 3.63) is 101 Å². The van der Waals surface area contributed by atoms with E-state index < -0.39 is 0 Å². The summed E-state index contributed by atoms with van der Waals surface area (Å²) in [5.74, 6) is 0.763. The zero-order valence-corrected chi connectivity index (χ0v) is 27.8. The number of ether oxygens (including phenoxy) is 1. The van der Waals surface area contributed by atoms with Crippen LogP contribution in [0.5, 0.6) is 6.01 Å². The van der Waals surface area contributed by atoms with Gasteiger partial charge in [-0.1, -0.05) is 36.4 Å². The van der Waals surface area contributed by atoms with Crippen LogP contribution in [0.25, 0.3) is 21.7 Å². The van der Waals surface area contributed by atoms with Gasteiger partial charge in [-0.3, -0.25) is 9.78 Å². The Kier molecular flexibility index (Phi) is 9.21. The third-order valence-corrected chi connectivity index (χ3v) is 9.98. The Morgan fingerprint density at radius 1 is 1.02 bits per heavy atom. The van der Waals surface area contributed by atoms with Gasteiger partial charge in [0.1, 0.15) is 18.5 Å². The van der Waals surface area contributed by atoms with Gasteiger partial charge in [0.05, 0.1) is 17.9 Å². The average molecular weight is 643 g/mol. The van der Waals surface area contributed by atoms with Crippen LogP contribution in [0.2, 0.25) is 0 Å². The Morgan fingerprint density at radius 2 is 1.90 bits per heavy atom. The lowest BCUT2D eigenvalue weighted by molar-refractivity contribution is -0.128. The molecule has 2 aromatic heterocycles. The maximum atomic E-state index is 13.3. The summed E-state index contributed by atoms with van der Waals surface area (Å²) in [4.78, 5) is 40.3. The Balaban J connectivity index is 1.18. The number of amides is 1. The Hall–Kier alpha value is -5.01. The molecule has 48 heavy (non-hydrogen) atoms. The maximum absolute atomic E-state index is 13.3. The van der Waals surface area contributed by atoms with E-state index in [0.717, 1.165) is 48.7 Å². The molecular formula is C38H42N8O2. The quantitative estimate of drug-likeness (QED) is 0.196. The largest absolute Gasteiger partial charge is 0.462 e. The lowest BCUT2D eigenvalue weighted by Gasteiger charge is -2.41. The second-order valence-electron chi connectivity index (χ2n) is 13.0. The van der Waals surface area contributed by atoms with Crippen LogP contribution in [0.3, 0.4) is 0 Å². The van der Waals surface area contributed by atoms with Crippen molar-refractivity contribution in [2.45, 2.75) is 44.8 Å². The predicted octanol–water partition coefficient (Wildman–Crippen LogP) is 5.02. The van der Waals surface area contributed by atoms with Crippen LogP contribution in [0, 0.1) is 13.5 Å². The summed E-state index contributed by atoms with van der Waals surface area (Å²) < 4.78 is 6.36. The molecule has 3 aliphatic rings. The first-order chi connectivity index (χ1) is 23.5. The van der Waals surface area contributed by atoms with Gasteiger partial charge in [0.15, 0.2) is 0 Å². The summed E-state index contributed by atoms with van der Waals surface area (Å²) in [6, 6.07) is 19.1. The molecule has 0 unspecified atom stereocenters. The van der Waals surface area contributed by atoms with E-state index >= 15 is 0 Å². The molecule has 0 saturated carbocycles. The number of hydrogen-bond donors (Lipinski definition) is 0. The lowest BCUT2D eigenvalue weighted by Crippen LogP contribution is -2.56. The molecule has 5 heterocycles. The van der Waals surface area contributed by atoms with E-state index in [1.54, 1.807) is 18.3 Å². The lowest BCUT2D eigenvalue weighted by atomic mass is 9.99. The number of fused-ring (bicyclic) bond motifs is 2. The highest BCUT2D eigenvalue weighted by Crippen LogP contribution is 2.36. The highest BCUT2D eigenvalue weighted by molar-refractivity contribution is 5.97. The van der Waals surface area contributed by atoms with E-state index in [9.17, 15) is 4.79 Å². The molecule has 2 atom stereocenters. The number of pyridine rings is 1. The fraction of sp³-hybridized carbons (Fsp3) is 0.395. The molecule has 2 aromatic carbocycles. The molecular weight excluding hydrogens is 600 g/mol. The number of piperazine rings is 1. The van der Waals surface area contributed by atoms with Crippen molar-refractivity contribution in [1.82, 2.24) is 24.8 Å². The van der Waals surface area contributed by atoms with E-state index in [1.807, 2.05) is 23.1 Å². The van der Waals surface area contributed by atoms with Crippen molar-refractivity contribution in [3.63, 3.8) is 0 Å². The fourth-order valence-electron chi connectivity index (χ4n) is 7.38. The second-order valence-corrected chi connectivity index (χ2v) is 13.0. The first kappa shape index (κ1) is 31.6. The number of aryl methyl sites for hydroxylation is 1. The maximum Gasteiger partial charge on any atom is 0.318 e. The number of benzene rings is 2. The van der Waals surface area contributed by atoms with Crippen molar-refractivity contribution in [1.29, 1.82) is 0 Å². The van der Waals surface area contributed by atoms with Crippen LogP contribution in [-0.2, 0) is 17.8 Å². The molecule has 0 bridgehead atoms. The van der Waals surface area contributed by atoms with E-state index in [4.69, 9.17) is 21.3 Å². The SMILES string of the molecule is [C-]#[N+]C[C@H]1CN(c2nc(OC[C@@H]3CCCN3C)nc3c2CCN(c2cccc4cccc(C)c24)C3)CCN1C(=O)/C=C/c1ccccn1. The zero-order chi connectivity index (χ0) is 33.0. The Bertz CT molecular complexity index is 1850. The van der Waals surface area contributed by atoms with Crippen molar-refractivity contribution < 1.29 is 9.53 Å². The average Bonchev–Trinajstić information content (AvgIpc) is 3.53. The van der Waals surface area contributed by atoms with E-state index in [2.05, 4.69) is 74.9 Å². The van der Waals surface area contributed by atoms with E-state index in [1.165, 1.54) is 28.4 Å². The molecule has 0 spiro atoms. The van der Waals surface area contributed by atoms with Gasteiger partial charge in [-0.2, -0.15) is 9.97 Å². The molecule has 2 saturated heterocycles. The molecule has 10 nitrogen and oxygen atoms in total. The van der Waals surface area contributed by atoms with Gasteiger partial charge in [-0.25, -0.2) is 6.57 Å². The number of likely N-dealkylation sites (tertiary alicyclic amines) is 1. The first-order valence-electron chi connectivity index (χ1n) is 16.9. The number of likely N-dealkylation sites (N-methyl/N-ethyl adjacent to an activating group) is 1. The van der Waals surface area contributed by atoms with Gasteiger partial charge in [-0.15, -0.1) is 0 Å². The van der Waals surface area contributed by atoms with Gasteiger partial charge >= 0.3 is 6.01 Å². The number of carbonyl (C=O) groups is 1. The number of anilines is 2. The van der Waals surface area contributed by atoms with Gasteiger partial charge in [0.25, 0.3) is 0 Å². The molecule has 4 aromatic rings. The van der Waals surface area contributed by atoms with Crippen LogP contribution in [0.15, 0.2) is 66.9 Å². The van der Waals surface area contributed by atoms with Gasteiger partial charge in [-0.05, 0) is 75.0 Å². The highest BCUT2D eigenvalue weighted by atomic mass is 16.5. The van der Waals surface area contributed by atoms with Crippen molar-refractivity contribution in [3.8, 4) is 6.01 Å². The molecule has 10 heteroatoms. The molecule has 7 rings (SSSR count). The molecule has 0 radical (unpaired) electrons. The summed E-state index contributed by atoms with van der Waals surface area (Å²) >= 11 is 0. The molecule has 0 aliphatic carbocycles. The van der Waals surface area contributed by atoms with Gasteiger partial charge in [0.2, 0.25) is 12.5 Å². The van der Waals surface area contributed by atoms with Crippen LogP contribution in [0.4, 0.5) is 11.5 Å². The fourth-order valence-corrected chi connectivity index (χ4v) is 7.38. The highest BCUT2D eigenvalue weighted by Gasteiger charge is 2.35. The molecule has 1 amide bonds. The van der Waals surface area contributed by atoms with Crippen molar-refractivity contribution in [2.75, 3.05) is 62.7 Å². The van der Waals surface area contributed by atoms with Gasteiger partial charge < -0.3 is 29.2 Å². The molecule has 246 valence electrons. The minimum Gasteiger partial charge on any atom is -0.462 e. The third-order valence-electron chi connectivity index (χ3n) is 9.98. The Labute approximate surface area is 282 Å². The number of hydrogen-bond acceptors (Lipinski definition) is 8. The summed E-state index contributed by atoms with van der Waals surface area (Å²) in [7, 11) is 2.15. The minimum absolute atomic E-state index is 0.107. The zero-order valence-electron chi connectivity index (χ0n) is 27.8. The predicted molar refractivity (Wildman–Crippen MR) is 189 cm³/mol. The molecule has 3 aliphatic heterocycles. The van der Waals surface area contributed by atoms with Crippen molar-refractivity contribution in [2.24, 2.45) is 0 Å². The second kappa shape index (κ2) is 14.0. The molecule has 0 N–H and O–H groups in total. The minimum atomic E-state index is -0.266. The van der Waals surface area contributed by atoms with E-state index in [0.29, 0.717) is 44.8 Å². The first-order valence-corrected chi connectivity index (χ1v) is 16.9. The van der Waals surface area contributed by atoms with Crippen LogP contribution in [-0.4, -0.2) is 95.7 Å².